The smallest absolute Gasteiger partial charge is 0.192 e. The van der Waals surface area contributed by atoms with Gasteiger partial charge in [0.15, 0.2) is 23.9 Å². The molecular weight excluding hydrogens is 316 g/mol. The topological polar surface area (TPSA) is 47.7 Å². The molecule has 2 aromatic rings. The minimum absolute atomic E-state index is 0.228. The summed E-state index contributed by atoms with van der Waals surface area (Å²) in [7, 11) is 0. The van der Waals surface area contributed by atoms with Gasteiger partial charge >= 0.3 is 0 Å². The fourth-order valence-corrected chi connectivity index (χ4v) is 2.74. The van der Waals surface area contributed by atoms with Crippen LogP contribution in [0.25, 0.3) is 0 Å². The molecule has 124 valence electrons. The lowest BCUT2D eigenvalue weighted by Gasteiger charge is -2.16. The van der Waals surface area contributed by atoms with Crippen molar-refractivity contribution < 1.29 is 14.0 Å². The van der Waals surface area contributed by atoms with Gasteiger partial charge in [0.25, 0.3) is 0 Å². The Morgan fingerprint density at radius 3 is 2.52 bits per heavy atom. The van der Waals surface area contributed by atoms with E-state index in [1.54, 1.807) is 6.92 Å². The molecule has 1 aliphatic heterocycles. The quantitative estimate of drug-likeness (QED) is 0.771. The summed E-state index contributed by atoms with van der Waals surface area (Å²) in [6, 6.07) is 7.63. The maximum atomic E-state index is 6.10. The van der Waals surface area contributed by atoms with Crippen molar-refractivity contribution in [3.8, 4) is 11.5 Å². The molecule has 0 saturated carbocycles. The number of rotatable bonds is 7. The van der Waals surface area contributed by atoms with Gasteiger partial charge in [-0.25, -0.2) is 0 Å². The molecule has 1 aromatic carbocycles. The predicted molar refractivity (Wildman–Crippen MR) is 88.2 cm³/mol. The van der Waals surface area contributed by atoms with Gasteiger partial charge in [0.05, 0.1) is 5.69 Å². The summed E-state index contributed by atoms with van der Waals surface area (Å²) in [5.41, 5.74) is 0.667. The molecule has 1 aliphatic rings. The maximum absolute atomic E-state index is 6.10. The summed E-state index contributed by atoms with van der Waals surface area (Å²) in [4.78, 5) is 2.42. The summed E-state index contributed by atoms with van der Waals surface area (Å²) in [6.45, 7) is 5.97. The van der Waals surface area contributed by atoms with Crippen LogP contribution in [0.5, 0.6) is 11.5 Å². The first kappa shape index (κ1) is 16.1. The highest BCUT2D eigenvalue weighted by Gasteiger charge is 2.14. The van der Waals surface area contributed by atoms with Crippen LogP contribution in [0.2, 0.25) is 5.02 Å². The maximum Gasteiger partial charge on any atom is 0.192 e. The summed E-state index contributed by atoms with van der Waals surface area (Å²) in [5, 5.41) is 4.33. The Morgan fingerprint density at radius 1 is 1.17 bits per heavy atom. The van der Waals surface area contributed by atoms with Gasteiger partial charge in [-0.1, -0.05) is 28.9 Å². The molecule has 0 atom stereocenters. The van der Waals surface area contributed by atoms with Crippen molar-refractivity contribution >= 4 is 11.6 Å². The van der Waals surface area contributed by atoms with Gasteiger partial charge in [0.2, 0.25) is 0 Å². The van der Waals surface area contributed by atoms with Crippen molar-refractivity contribution in [2.24, 2.45) is 0 Å². The first-order chi connectivity index (χ1) is 11.2. The molecule has 1 saturated heterocycles. The molecule has 6 heteroatoms. The summed E-state index contributed by atoms with van der Waals surface area (Å²) < 4.78 is 16.8. The Bertz CT molecular complexity index is 639. The molecule has 5 nitrogen and oxygen atoms in total. The van der Waals surface area contributed by atoms with E-state index < -0.39 is 0 Å². The molecule has 0 radical (unpaired) electrons. The zero-order valence-corrected chi connectivity index (χ0v) is 14.0. The Hall–Kier alpha value is -1.72. The van der Waals surface area contributed by atoms with Crippen molar-refractivity contribution in [2.45, 2.75) is 26.4 Å². The van der Waals surface area contributed by atoms with Crippen molar-refractivity contribution in [3.63, 3.8) is 0 Å². The third-order valence-corrected chi connectivity index (χ3v) is 4.41. The molecule has 0 N–H and O–H groups in total. The molecule has 2 heterocycles. The lowest BCUT2D eigenvalue weighted by Crippen LogP contribution is -2.25. The number of nitrogens with zero attached hydrogens (tertiary/aromatic N) is 2. The third kappa shape index (κ3) is 4.18. The molecule has 0 amide bonds. The van der Waals surface area contributed by atoms with Gasteiger partial charge in [-0.05, 0) is 45.0 Å². The summed E-state index contributed by atoms with van der Waals surface area (Å²) in [5.74, 6) is 1.94. The minimum atomic E-state index is 0.228. The van der Waals surface area contributed by atoms with E-state index in [0.717, 1.165) is 12.3 Å². The van der Waals surface area contributed by atoms with Gasteiger partial charge in [0, 0.05) is 6.54 Å². The fourth-order valence-electron chi connectivity index (χ4n) is 2.62. The van der Waals surface area contributed by atoms with Crippen molar-refractivity contribution in [1.82, 2.24) is 10.1 Å². The molecule has 0 bridgehead atoms. The van der Waals surface area contributed by atoms with Gasteiger partial charge in [-0.15, -0.1) is 0 Å². The average Bonchev–Trinajstić information content (AvgIpc) is 3.18. The lowest BCUT2D eigenvalue weighted by molar-refractivity contribution is 0.211. The molecule has 0 aliphatic carbocycles. The van der Waals surface area contributed by atoms with E-state index in [2.05, 4.69) is 10.1 Å². The molecule has 0 spiro atoms. The summed E-state index contributed by atoms with van der Waals surface area (Å²) >= 11 is 6.10. The van der Waals surface area contributed by atoms with Gasteiger partial charge in [-0.2, -0.15) is 0 Å². The fraction of sp³-hybridized carbons (Fsp3) is 0.471. The summed E-state index contributed by atoms with van der Waals surface area (Å²) in [6.07, 6.45) is 2.58. The van der Waals surface area contributed by atoms with E-state index in [1.165, 1.54) is 25.9 Å². The van der Waals surface area contributed by atoms with E-state index in [9.17, 15) is 0 Å². The van der Waals surface area contributed by atoms with Gasteiger partial charge in [0.1, 0.15) is 11.6 Å². The highest BCUT2D eigenvalue weighted by molar-refractivity contribution is 6.31. The van der Waals surface area contributed by atoms with Crippen LogP contribution >= 0.6 is 11.6 Å². The average molecular weight is 337 g/mol. The SMILES string of the molecule is Cc1noc(COc2ccccc2OCCN2CCCC2)c1Cl. The third-order valence-electron chi connectivity index (χ3n) is 3.93. The van der Waals surface area contributed by atoms with Crippen LogP contribution in [0.3, 0.4) is 0 Å². The molecule has 1 fully saturated rings. The van der Waals surface area contributed by atoms with Crippen LogP contribution in [-0.2, 0) is 6.61 Å². The van der Waals surface area contributed by atoms with Crippen molar-refractivity contribution in [2.75, 3.05) is 26.2 Å². The molecular formula is C17H21ClN2O3. The zero-order valence-electron chi connectivity index (χ0n) is 13.3. The lowest BCUT2D eigenvalue weighted by atomic mass is 10.3. The monoisotopic (exact) mass is 336 g/mol. The normalized spacial score (nSPS) is 15.0. The van der Waals surface area contributed by atoms with Crippen molar-refractivity contribution in [1.29, 1.82) is 0 Å². The predicted octanol–water partition coefficient (Wildman–Crippen LogP) is 3.69. The molecule has 1 aromatic heterocycles. The van der Waals surface area contributed by atoms with Gasteiger partial charge in [-0.3, -0.25) is 4.90 Å². The number of benzene rings is 1. The van der Waals surface area contributed by atoms with E-state index in [-0.39, 0.29) is 6.61 Å². The van der Waals surface area contributed by atoms with E-state index in [4.69, 9.17) is 25.6 Å². The number of para-hydroxylation sites is 2. The Balaban J connectivity index is 1.55. The van der Waals surface area contributed by atoms with E-state index >= 15 is 0 Å². The Labute approximate surface area is 141 Å². The van der Waals surface area contributed by atoms with Crippen LogP contribution < -0.4 is 9.47 Å². The number of ether oxygens (including phenoxy) is 2. The minimum Gasteiger partial charge on any atom is -0.488 e. The van der Waals surface area contributed by atoms with Crippen LogP contribution in [0.15, 0.2) is 28.8 Å². The standard InChI is InChI=1S/C17H21ClN2O3/c1-13-17(18)16(23-19-13)12-22-15-7-3-2-6-14(15)21-11-10-20-8-4-5-9-20/h2-3,6-7H,4-5,8-12H2,1H3. The first-order valence-corrected chi connectivity index (χ1v) is 8.29. The van der Waals surface area contributed by atoms with Crippen LogP contribution in [-0.4, -0.2) is 36.3 Å². The highest BCUT2D eigenvalue weighted by Crippen LogP contribution is 2.29. The Morgan fingerprint density at radius 2 is 1.87 bits per heavy atom. The first-order valence-electron chi connectivity index (χ1n) is 7.91. The second-order valence-electron chi connectivity index (χ2n) is 5.64. The van der Waals surface area contributed by atoms with Crippen LogP contribution in [0.1, 0.15) is 24.3 Å². The number of likely N-dealkylation sites (tertiary alicyclic amines) is 1. The number of hydrogen-bond acceptors (Lipinski definition) is 5. The van der Waals surface area contributed by atoms with Crippen LogP contribution in [0, 0.1) is 6.92 Å². The Kier molecular flexibility index (Phi) is 5.41. The molecule has 0 unspecified atom stereocenters. The van der Waals surface area contributed by atoms with E-state index in [1.807, 2.05) is 24.3 Å². The van der Waals surface area contributed by atoms with Crippen LogP contribution in [0.4, 0.5) is 0 Å². The second kappa shape index (κ2) is 7.70. The number of aromatic nitrogens is 1. The number of hydrogen-bond donors (Lipinski definition) is 0. The van der Waals surface area contributed by atoms with E-state index in [0.29, 0.717) is 28.8 Å². The van der Waals surface area contributed by atoms with Crippen molar-refractivity contribution in [3.05, 3.63) is 40.7 Å². The molecule has 3 rings (SSSR count). The zero-order chi connectivity index (χ0) is 16.1. The molecule has 23 heavy (non-hydrogen) atoms. The number of halogens is 1. The highest BCUT2D eigenvalue weighted by atomic mass is 35.5. The number of aryl methyl sites for hydroxylation is 1. The largest absolute Gasteiger partial charge is 0.488 e. The second-order valence-corrected chi connectivity index (χ2v) is 6.02. The van der Waals surface area contributed by atoms with Gasteiger partial charge < -0.3 is 14.0 Å².